The van der Waals surface area contributed by atoms with Crippen molar-refractivity contribution in [3.05, 3.63) is 61.3 Å². The van der Waals surface area contributed by atoms with Crippen LogP contribution in [0.15, 0.2) is 65.7 Å². The second kappa shape index (κ2) is 4.54. The zero-order valence-electron chi connectivity index (χ0n) is 12.0. The molecule has 0 unspecified atom stereocenters. The van der Waals surface area contributed by atoms with Gasteiger partial charge in [0.1, 0.15) is 0 Å². The number of benzene rings is 1. The molecule has 110 valence electrons. The monoisotopic (exact) mass is 301 g/mol. The van der Waals surface area contributed by atoms with E-state index >= 15 is 0 Å². The summed E-state index contributed by atoms with van der Waals surface area (Å²) in [6.45, 7) is 0. The van der Waals surface area contributed by atoms with Crippen LogP contribution in [0.4, 0.5) is 0 Å². The molecule has 5 aromatic rings. The molecule has 0 fully saturated rings. The average molecular weight is 301 g/mol. The van der Waals surface area contributed by atoms with E-state index in [1.807, 2.05) is 47.0 Å². The van der Waals surface area contributed by atoms with Crippen LogP contribution < -0.4 is 0 Å². The highest BCUT2D eigenvalue weighted by atomic mass is 16.3. The van der Waals surface area contributed by atoms with Crippen LogP contribution in [-0.2, 0) is 0 Å². The van der Waals surface area contributed by atoms with Crippen molar-refractivity contribution in [3.8, 4) is 22.5 Å². The van der Waals surface area contributed by atoms with E-state index in [-0.39, 0.29) is 0 Å². The third-order valence-corrected chi connectivity index (χ3v) is 3.96. The minimum atomic E-state index is 0.793. The summed E-state index contributed by atoms with van der Waals surface area (Å²) in [5, 5.41) is 16.7. The van der Waals surface area contributed by atoms with Gasteiger partial charge in [0.15, 0.2) is 11.5 Å². The van der Waals surface area contributed by atoms with Gasteiger partial charge in [-0.3, -0.25) is 9.50 Å². The number of hydrogen-bond acceptors (Lipinski definition) is 4. The third kappa shape index (κ3) is 1.85. The number of furan rings is 1. The number of H-pyrrole nitrogens is 1. The van der Waals surface area contributed by atoms with Crippen molar-refractivity contribution in [1.82, 2.24) is 24.8 Å². The molecule has 23 heavy (non-hydrogen) atoms. The van der Waals surface area contributed by atoms with Crippen molar-refractivity contribution in [2.24, 2.45) is 0 Å². The minimum absolute atomic E-state index is 0.793. The second-order valence-electron chi connectivity index (χ2n) is 5.35. The SMILES string of the molecule is c1cc(-c2ccc3nnc(-c4ccc5cn[nH]c5c4)n3c2)co1. The molecular formula is C17H11N5O. The van der Waals surface area contributed by atoms with Gasteiger partial charge in [0.25, 0.3) is 0 Å². The molecule has 0 bridgehead atoms. The molecule has 0 saturated carbocycles. The van der Waals surface area contributed by atoms with Crippen LogP contribution >= 0.6 is 0 Å². The fraction of sp³-hybridized carbons (Fsp3) is 0. The smallest absolute Gasteiger partial charge is 0.168 e. The Kier molecular flexibility index (Phi) is 2.40. The van der Waals surface area contributed by atoms with Crippen LogP contribution in [-0.4, -0.2) is 24.8 Å². The van der Waals surface area contributed by atoms with Crippen molar-refractivity contribution < 1.29 is 4.42 Å². The molecule has 0 aliphatic rings. The van der Waals surface area contributed by atoms with Gasteiger partial charge in [0, 0.05) is 28.3 Å². The molecule has 6 nitrogen and oxygen atoms in total. The zero-order chi connectivity index (χ0) is 15.2. The van der Waals surface area contributed by atoms with Crippen molar-refractivity contribution in [1.29, 1.82) is 0 Å². The highest BCUT2D eigenvalue weighted by Gasteiger charge is 2.10. The zero-order valence-corrected chi connectivity index (χ0v) is 12.0. The largest absolute Gasteiger partial charge is 0.472 e. The summed E-state index contributed by atoms with van der Waals surface area (Å²) in [5.41, 5.74) is 4.84. The minimum Gasteiger partial charge on any atom is -0.472 e. The normalized spacial score (nSPS) is 11.5. The lowest BCUT2D eigenvalue weighted by Crippen LogP contribution is -1.90. The Morgan fingerprint density at radius 2 is 1.91 bits per heavy atom. The Balaban J connectivity index is 1.72. The van der Waals surface area contributed by atoms with Gasteiger partial charge in [0.2, 0.25) is 0 Å². The van der Waals surface area contributed by atoms with Gasteiger partial charge in [-0.15, -0.1) is 10.2 Å². The maximum atomic E-state index is 5.17. The Morgan fingerprint density at radius 3 is 2.83 bits per heavy atom. The number of hydrogen-bond donors (Lipinski definition) is 1. The van der Waals surface area contributed by atoms with E-state index in [2.05, 4.69) is 20.4 Å². The number of pyridine rings is 1. The van der Waals surface area contributed by atoms with E-state index in [1.54, 1.807) is 18.7 Å². The molecule has 0 aliphatic heterocycles. The topological polar surface area (TPSA) is 72.0 Å². The summed E-state index contributed by atoms with van der Waals surface area (Å²) < 4.78 is 7.15. The molecule has 0 aliphatic carbocycles. The molecule has 0 atom stereocenters. The molecule has 5 rings (SSSR count). The number of fused-ring (bicyclic) bond motifs is 2. The molecule has 0 saturated heterocycles. The van der Waals surface area contributed by atoms with Crippen molar-refractivity contribution in [2.75, 3.05) is 0 Å². The second-order valence-corrected chi connectivity index (χ2v) is 5.35. The van der Waals surface area contributed by atoms with Crippen molar-refractivity contribution in [3.63, 3.8) is 0 Å². The Hall–Kier alpha value is -3.41. The van der Waals surface area contributed by atoms with Gasteiger partial charge < -0.3 is 4.42 Å². The predicted molar refractivity (Wildman–Crippen MR) is 85.8 cm³/mol. The number of aromatic nitrogens is 5. The van der Waals surface area contributed by atoms with E-state index in [9.17, 15) is 0 Å². The van der Waals surface area contributed by atoms with Crippen LogP contribution in [0.2, 0.25) is 0 Å². The number of nitrogens with one attached hydrogen (secondary N) is 1. The van der Waals surface area contributed by atoms with Crippen LogP contribution in [0.1, 0.15) is 0 Å². The Bertz CT molecular complexity index is 1120. The van der Waals surface area contributed by atoms with Gasteiger partial charge in [-0.2, -0.15) is 5.10 Å². The van der Waals surface area contributed by atoms with Crippen LogP contribution in [0.25, 0.3) is 39.1 Å². The van der Waals surface area contributed by atoms with E-state index in [1.165, 1.54) is 0 Å². The molecule has 4 heterocycles. The highest BCUT2D eigenvalue weighted by Crippen LogP contribution is 2.25. The molecule has 0 radical (unpaired) electrons. The van der Waals surface area contributed by atoms with Crippen LogP contribution in [0.5, 0.6) is 0 Å². The van der Waals surface area contributed by atoms with Crippen LogP contribution in [0, 0.1) is 0 Å². The number of rotatable bonds is 2. The van der Waals surface area contributed by atoms with Gasteiger partial charge in [-0.1, -0.05) is 12.1 Å². The van der Waals surface area contributed by atoms with Crippen molar-refractivity contribution in [2.45, 2.75) is 0 Å². The van der Waals surface area contributed by atoms with Gasteiger partial charge in [0.05, 0.1) is 24.2 Å². The summed E-state index contributed by atoms with van der Waals surface area (Å²) in [7, 11) is 0. The van der Waals surface area contributed by atoms with E-state index in [0.717, 1.165) is 39.1 Å². The fourth-order valence-corrected chi connectivity index (χ4v) is 2.76. The highest BCUT2D eigenvalue weighted by molar-refractivity contribution is 5.83. The first-order valence-electron chi connectivity index (χ1n) is 7.19. The standard InChI is InChI=1S/C17H11N5O/c1-2-12-8-18-19-15(12)7-11(1)17-21-20-16-4-3-13(9-22(16)17)14-5-6-23-10-14/h1-10H,(H,18,19). The lowest BCUT2D eigenvalue weighted by Gasteiger charge is -2.03. The fourth-order valence-electron chi connectivity index (χ4n) is 2.76. The molecular weight excluding hydrogens is 290 g/mol. The maximum absolute atomic E-state index is 5.17. The van der Waals surface area contributed by atoms with Gasteiger partial charge in [-0.05, 0) is 24.3 Å². The molecule has 1 aromatic carbocycles. The first-order chi connectivity index (χ1) is 11.4. The lowest BCUT2D eigenvalue weighted by molar-refractivity contribution is 0.568. The first-order valence-corrected chi connectivity index (χ1v) is 7.19. The van der Waals surface area contributed by atoms with E-state index in [0.29, 0.717) is 0 Å². The summed E-state index contributed by atoms with van der Waals surface area (Å²) >= 11 is 0. The third-order valence-electron chi connectivity index (χ3n) is 3.96. The summed E-state index contributed by atoms with van der Waals surface area (Å²) in [5.74, 6) is 0.793. The summed E-state index contributed by atoms with van der Waals surface area (Å²) in [6.07, 6.45) is 7.21. The van der Waals surface area contributed by atoms with Gasteiger partial charge >= 0.3 is 0 Å². The Labute approximate surface area is 130 Å². The number of aromatic amines is 1. The maximum Gasteiger partial charge on any atom is 0.168 e. The summed E-state index contributed by atoms with van der Waals surface area (Å²) in [6, 6.07) is 12.0. The van der Waals surface area contributed by atoms with E-state index < -0.39 is 0 Å². The molecule has 0 spiro atoms. The summed E-state index contributed by atoms with van der Waals surface area (Å²) in [4.78, 5) is 0. The van der Waals surface area contributed by atoms with Crippen molar-refractivity contribution >= 4 is 16.6 Å². The lowest BCUT2D eigenvalue weighted by atomic mass is 10.1. The Morgan fingerprint density at radius 1 is 0.957 bits per heavy atom. The number of nitrogens with zero attached hydrogens (tertiary/aromatic N) is 4. The average Bonchev–Trinajstić information content (AvgIpc) is 3.32. The first kappa shape index (κ1) is 12.2. The predicted octanol–water partition coefficient (Wildman–Crippen LogP) is 3.53. The molecule has 4 aromatic heterocycles. The van der Waals surface area contributed by atoms with Gasteiger partial charge in [-0.25, -0.2) is 0 Å². The van der Waals surface area contributed by atoms with E-state index in [4.69, 9.17) is 4.42 Å². The van der Waals surface area contributed by atoms with Crippen LogP contribution in [0.3, 0.4) is 0 Å². The quantitative estimate of drug-likeness (QED) is 0.541. The molecule has 1 N–H and O–H groups in total. The molecule has 6 heteroatoms. The molecule has 0 amide bonds.